The molecular weight excluding hydrogens is 256 g/mol. The fraction of sp³-hybridized carbons (Fsp3) is 0.583. The van der Waals surface area contributed by atoms with E-state index in [1.807, 2.05) is 39.1 Å². The van der Waals surface area contributed by atoms with Crippen LogP contribution in [0.3, 0.4) is 0 Å². The molecule has 1 amide bonds. The van der Waals surface area contributed by atoms with Crippen LogP contribution in [-0.4, -0.2) is 17.5 Å². The summed E-state index contributed by atoms with van der Waals surface area (Å²) in [5.41, 5.74) is -0.195. The number of nitrogens with one attached hydrogen (secondary N) is 2. The predicted molar refractivity (Wildman–Crippen MR) is 73.5 cm³/mol. The van der Waals surface area contributed by atoms with Crippen LogP contribution in [0.15, 0.2) is 11.4 Å². The van der Waals surface area contributed by atoms with E-state index in [9.17, 15) is 4.79 Å². The molecule has 0 bridgehead atoms. The maximum absolute atomic E-state index is 11.8. The SMILES string of the molecule is CC(NCc1cc(Cl)cs1)C(=O)NC(C)(C)C. The Morgan fingerprint density at radius 3 is 2.65 bits per heavy atom. The first-order chi connectivity index (χ1) is 7.78. The maximum atomic E-state index is 11.8. The van der Waals surface area contributed by atoms with Crippen LogP contribution in [0.5, 0.6) is 0 Å². The molecule has 3 nitrogen and oxygen atoms in total. The molecule has 0 saturated carbocycles. The summed E-state index contributed by atoms with van der Waals surface area (Å²) in [4.78, 5) is 12.9. The van der Waals surface area contributed by atoms with Gasteiger partial charge >= 0.3 is 0 Å². The zero-order chi connectivity index (χ0) is 13.1. The van der Waals surface area contributed by atoms with Gasteiger partial charge in [0.1, 0.15) is 0 Å². The topological polar surface area (TPSA) is 41.1 Å². The summed E-state index contributed by atoms with van der Waals surface area (Å²) in [6.45, 7) is 8.43. The first-order valence-corrected chi connectivity index (χ1v) is 6.82. The Labute approximate surface area is 112 Å². The lowest BCUT2D eigenvalue weighted by atomic mass is 10.1. The second-order valence-corrected chi connectivity index (χ2v) is 6.51. The van der Waals surface area contributed by atoms with Crippen molar-refractivity contribution in [3.63, 3.8) is 0 Å². The van der Waals surface area contributed by atoms with E-state index in [0.29, 0.717) is 6.54 Å². The number of amides is 1. The number of carbonyl (C=O) groups excluding carboxylic acids is 1. The molecule has 1 aromatic rings. The summed E-state index contributed by atoms with van der Waals surface area (Å²) in [6.07, 6.45) is 0. The van der Waals surface area contributed by atoms with Crippen LogP contribution >= 0.6 is 22.9 Å². The van der Waals surface area contributed by atoms with E-state index in [4.69, 9.17) is 11.6 Å². The molecule has 1 atom stereocenters. The molecule has 0 aliphatic heterocycles. The average molecular weight is 275 g/mol. The van der Waals surface area contributed by atoms with E-state index in [0.717, 1.165) is 9.90 Å². The number of carbonyl (C=O) groups is 1. The summed E-state index contributed by atoms with van der Waals surface area (Å²) in [5.74, 6) is 0.0140. The van der Waals surface area contributed by atoms with Gasteiger partial charge in [-0.25, -0.2) is 0 Å². The van der Waals surface area contributed by atoms with Crippen LogP contribution in [0.4, 0.5) is 0 Å². The molecule has 0 aliphatic carbocycles. The maximum Gasteiger partial charge on any atom is 0.237 e. The van der Waals surface area contributed by atoms with Gasteiger partial charge in [-0.15, -0.1) is 11.3 Å². The van der Waals surface area contributed by atoms with Crippen LogP contribution < -0.4 is 10.6 Å². The number of hydrogen-bond donors (Lipinski definition) is 2. The van der Waals surface area contributed by atoms with Gasteiger partial charge in [0.15, 0.2) is 0 Å². The lowest BCUT2D eigenvalue weighted by molar-refractivity contribution is -0.124. The zero-order valence-corrected chi connectivity index (χ0v) is 12.2. The first-order valence-electron chi connectivity index (χ1n) is 5.56. The van der Waals surface area contributed by atoms with Crippen LogP contribution in [0.25, 0.3) is 0 Å². The Morgan fingerprint density at radius 1 is 1.53 bits per heavy atom. The molecule has 0 radical (unpaired) electrons. The van der Waals surface area contributed by atoms with Gasteiger partial charge in [-0.05, 0) is 33.8 Å². The summed E-state index contributed by atoms with van der Waals surface area (Å²) >= 11 is 7.42. The molecule has 0 aliphatic rings. The third kappa shape index (κ3) is 5.52. The lowest BCUT2D eigenvalue weighted by Crippen LogP contribution is -2.49. The Kier molecular flexibility index (Phi) is 4.98. The lowest BCUT2D eigenvalue weighted by Gasteiger charge is -2.23. The van der Waals surface area contributed by atoms with E-state index in [2.05, 4.69) is 10.6 Å². The van der Waals surface area contributed by atoms with Crippen LogP contribution in [0, 0.1) is 0 Å². The molecule has 1 aromatic heterocycles. The van der Waals surface area contributed by atoms with E-state index in [1.54, 1.807) is 11.3 Å². The molecular formula is C12H19ClN2OS. The van der Waals surface area contributed by atoms with Crippen molar-refractivity contribution in [2.24, 2.45) is 0 Å². The van der Waals surface area contributed by atoms with Crippen molar-refractivity contribution in [3.8, 4) is 0 Å². The minimum Gasteiger partial charge on any atom is -0.350 e. The first kappa shape index (κ1) is 14.5. The third-order valence-electron chi connectivity index (χ3n) is 2.10. The minimum atomic E-state index is -0.213. The van der Waals surface area contributed by atoms with Crippen molar-refractivity contribution in [2.45, 2.75) is 45.8 Å². The number of halogens is 1. The highest BCUT2D eigenvalue weighted by Gasteiger charge is 2.18. The summed E-state index contributed by atoms with van der Waals surface area (Å²) < 4.78 is 0. The van der Waals surface area contributed by atoms with Gasteiger partial charge in [-0.2, -0.15) is 0 Å². The highest BCUT2D eigenvalue weighted by Crippen LogP contribution is 2.18. The molecule has 0 fully saturated rings. The molecule has 0 aromatic carbocycles. The van der Waals surface area contributed by atoms with Gasteiger partial charge in [-0.3, -0.25) is 4.79 Å². The molecule has 17 heavy (non-hydrogen) atoms. The van der Waals surface area contributed by atoms with Crippen molar-refractivity contribution < 1.29 is 4.79 Å². The summed E-state index contributed by atoms with van der Waals surface area (Å²) in [5, 5.41) is 8.75. The van der Waals surface area contributed by atoms with E-state index < -0.39 is 0 Å². The number of hydrogen-bond acceptors (Lipinski definition) is 3. The zero-order valence-electron chi connectivity index (χ0n) is 10.6. The van der Waals surface area contributed by atoms with Crippen molar-refractivity contribution >= 4 is 28.8 Å². The van der Waals surface area contributed by atoms with Crippen LogP contribution in [-0.2, 0) is 11.3 Å². The normalized spacial score (nSPS) is 13.5. The number of thiophene rings is 1. The fourth-order valence-corrected chi connectivity index (χ4v) is 2.29. The predicted octanol–water partition coefficient (Wildman–Crippen LogP) is 2.79. The molecule has 1 heterocycles. The second kappa shape index (κ2) is 5.85. The van der Waals surface area contributed by atoms with Crippen molar-refractivity contribution in [3.05, 3.63) is 21.3 Å². The van der Waals surface area contributed by atoms with E-state index in [1.165, 1.54) is 0 Å². The van der Waals surface area contributed by atoms with Crippen molar-refractivity contribution in [2.75, 3.05) is 0 Å². The molecule has 0 spiro atoms. The van der Waals surface area contributed by atoms with Gasteiger partial charge in [0.2, 0.25) is 5.91 Å². The van der Waals surface area contributed by atoms with Gasteiger partial charge in [-0.1, -0.05) is 11.6 Å². The quantitative estimate of drug-likeness (QED) is 0.886. The summed E-state index contributed by atoms with van der Waals surface area (Å²) in [7, 11) is 0. The second-order valence-electron chi connectivity index (χ2n) is 5.07. The number of rotatable bonds is 4. The Hall–Kier alpha value is -0.580. The van der Waals surface area contributed by atoms with Crippen molar-refractivity contribution in [1.82, 2.24) is 10.6 Å². The Morgan fingerprint density at radius 2 is 2.18 bits per heavy atom. The molecule has 1 rings (SSSR count). The highest BCUT2D eigenvalue weighted by atomic mass is 35.5. The molecule has 0 saturated heterocycles. The standard InChI is InChI=1S/C12H19ClN2OS/c1-8(11(16)15-12(2,3)4)14-6-10-5-9(13)7-17-10/h5,7-8,14H,6H2,1-4H3,(H,15,16). The summed E-state index contributed by atoms with van der Waals surface area (Å²) in [6, 6.07) is 1.70. The highest BCUT2D eigenvalue weighted by molar-refractivity contribution is 7.10. The smallest absolute Gasteiger partial charge is 0.237 e. The Balaban J connectivity index is 2.39. The molecule has 5 heteroatoms. The molecule has 1 unspecified atom stereocenters. The minimum absolute atomic E-state index is 0.0140. The van der Waals surface area contributed by atoms with E-state index in [-0.39, 0.29) is 17.5 Å². The van der Waals surface area contributed by atoms with Gasteiger partial charge in [0.05, 0.1) is 11.1 Å². The van der Waals surface area contributed by atoms with Gasteiger partial charge < -0.3 is 10.6 Å². The molecule has 96 valence electrons. The van der Waals surface area contributed by atoms with Gasteiger partial charge in [0.25, 0.3) is 0 Å². The third-order valence-corrected chi connectivity index (χ3v) is 3.38. The monoisotopic (exact) mass is 274 g/mol. The van der Waals surface area contributed by atoms with Crippen molar-refractivity contribution in [1.29, 1.82) is 0 Å². The van der Waals surface area contributed by atoms with Crippen LogP contribution in [0.2, 0.25) is 5.02 Å². The average Bonchev–Trinajstić information content (AvgIpc) is 2.58. The van der Waals surface area contributed by atoms with Gasteiger partial charge in [0, 0.05) is 22.3 Å². The largest absolute Gasteiger partial charge is 0.350 e. The van der Waals surface area contributed by atoms with Crippen LogP contribution in [0.1, 0.15) is 32.6 Å². The Bertz CT molecular complexity index is 384. The van der Waals surface area contributed by atoms with E-state index >= 15 is 0 Å². The molecule has 2 N–H and O–H groups in total. The fourth-order valence-electron chi connectivity index (χ4n) is 1.27.